The van der Waals surface area contributed by atoms with E-state index in [4.69, 9.17) is 5.84 Å². The third kappa shape index (κ3) is 3.47. The standard InChI is InChI=1S/C14H21N3O/c15-17-14(18)16-13-9-5-8-12(10-13)11-6-3-1-2-4-7-11/h5,8-11H,1-4,6-7,15H2,(H2,16,17,18). The summed E-state index contributed by atoms with van der Waals surface area (Å²) in [6.45, 7) is 0. The molecule has 0 unspecified atom stereocenters. The Kier molecular flexibility index (Phi) is 4.59. The zero-order chi connectivity index (χ0) is 12.8. The third-order valence-corrected chi connectivity index (χ3v) is 3.60. The maximum absolute atomic E-state index is 11.2. The van der Waals surface area contributed by atoms with Gasteiger partial charge in [0.2, 0.25) is 0 Å². The van der Waals surface area contributed by atoms with Crippen LogP contribution in [0.3, 0.4) is 0 Å². The maximum atomic E-state index is 11.2. The Balaban J connectivity index is 2.07. The van der Waals surface area contributed by atoms with Gasteiger partial charge in [-0.15, -0.1) is 0 Å². The Morgan fingerprint density at radius 3 is 2.56 bits per heavy atom. The first-order chi connectivity index (χ1) is 8.79. The van der Waals surface area contributed by atoms with E-state index in [1.54, 1.807) is 0 Å². The Morgan fingerprint density at radius 1 is 1.17 bits per heavy atom. The van der Waals surface area contributed by atoms with Gasteiger partial charge < -0.3 is 5.32 Å². The Labute approximate surface area is 108 Å². The van der Waals surface area contributed by atoms with Crippen LogP contribution < -0.4 is 16.6 Å². The first kappa shape index (κ1) is 12.9. The fraction of sp³-hybridized carbons (Fsp3) is 0.500. The topological polar surface area (TPSA) is 67.1 Å². The molecule has 1 aliphatic carbocycles. The number of hydrazine groups is 1. The van der Waals surface area contributed by atoms with Gasteiger partial charge in [0, 0.05) is 5.69 Å². The summed E-state index contributed by atoms with van der Waals surface area (Å²) in [7, 11) is 0. The minimum atomic E-state index is -0.381. The summed E-state index contributed by atoms with van der Waals surface area (Å²) in [6, 6.07) is 7.71. The van der Waals surface area contributed by atoms with Crippen LogP contribution in [0.4, 0.5) is 10.5 Å². The molecule has 1 aliphatic rings. The lowest BCUT2D eigenvalue weighted by Crippen LogP contribution is -2.34. The van der Waals surface area contributed by atoms with Crippen molar-refractivity contribution in [2.45, 2.75) is 44.4 Å². The summed E-state index contributed by atoms with van der Waals surface area (Å²) in [5, 5.41) is 2.71. The highest BCUT2D eigenvalue weighted by atomic mass is 16.2. The van der Waals surface area contributed by atoms with Crippen molar-refractivity contribution in [1.29, 1.82) is 0 Å². The van der Waals surface area contributed by atoms with Crippen molar-refractivity contribution in [3.05, 3.63) is 29.8 Å². The molecule has 1 fully saturated rings. The van der Waals surface area contributed by atoms with Crippen LogP contribution >= 0.6 is 0 Å². The number of nitrogens with one attached hydrogen (secondary N) is 2. The van der Waals surface area contributed by atoms with Crippen LogP contribution in [0.25, 0.3) is 0 Å². The number of hydrogen-bond acceptors (Lipinski definition) is 2. The van der Waals surface area contributed by atoms with Gasteiger partial charge in [-0.3, -0.25) is 5.43 Å². The van der Waals surface area contributed by atoms with Crippen LogP contribution in [-0.4, -0.2) is 6.03 Å². The van der Waals surface area contributed by atoms with E-state index < -0.39 is 0 Å². The number of rotatable bonds is 2. The van der Waals surface area contributed by atoms with Gasteiger partial charge >= 0.3 is 6.03 Å². The van der Waals surface area contributed by atoms with Crippen molar-refractivity contribution < 1.29 is 4.79 Å². The second kappa shape index (κ2) is 6.40. The first-order valence-corrected chi connectivity index (χ1v) is 6.67. The number of benzene rings is 1. The average molecular weight is 247 g/mol. The molecule has 18 heavy (non-hydrogen) atoms. The van der Waals surface area contributed by atoms with E-state index in [0.29, 0.717) is 5.92 Å². The Hall–Kier alpha value is -1.55. The zero-order valence-electron chi connectivity index (χ0n) is 10.6. The van der Waals surface area contributed by atoms with E-state index in [2.05, 4.69) is 22.9 Å². The van der Waals surface area contributed by atoms with Crippen LogP contribution in [0.5, 0.6) is 0 Å². The molecule has 0 bridgehead atoms. The summed E-state index contributed by atoms with van der Waals surface area (Å²) < 4.78 is 0. The molecule has 0 spiro atoms. The minimum absolute atomic E-state index is 0.381. The molecule has 1 aromatic carbocycles. The second-order valence-corrected chi connectivity index (χ2v) is 4.91. The van der Waals surface area contributed by atoms with Crippen molar-refractivity contribution in [2.75, 3.05) is 5.32 Å². The van der Waals surface area contributed by atoms with E-state index in [-0.39, 0.29) is 6.03 Å². The molecule has 0 aromatic heterocycles. The monoisotopic (exact) mass is 247 g/mol. The summed E-state index contributed by atoms with van der Waals surface area (Å²) in [5.41, 5.74) is 4.20. The van der Waals surface area contributed by atoms with Crippen LogP contribution in [0, 0.1) is 0 Å². The lowest BCUT2D eigenvalue weighted by molar-refractivity contribution is 0.252. The molecule has 2 rings (SSSR count). The van der Waals surface area contributed by atoms with Gasteiger partial charge in [0.15, 0.2) is 0 Å². The van der Waals surface area contributed by atoms with Crippen molar-refractivity contribution in [3.63, 3.8) is 0 Å². The van der Waals surface area contributed by atoms with Crippen LogP contribution in [0.2, 0.25) is 0 Å². The number of hydrogen-bond donors (Lipinski definition) is 3. The van der Waals surface area contributed by atoms with Gasteiger partial charge in [-0.2, -0.15) is 0 Å². The predicted octanol–water partition coefficient (Wildman–Crippen LogP) is 3.12. The molecule has 0 radical (unpaired) electrons. The van der Waals surface area contributed by atoms with Crippen LogP contribution in [-0.2, 0) is 0 Å². The van der Waals surface area contributed by atoms with Gasteiger partial charge in [-0.1, -0.05) is 37.8 Å². The molecule has 4 nitrogen and oxygen atoms in total. The zero-order valence-corrected chi connectivity index (χ0v) is 10.6. The van der Waals surface area contributed by atoms with Gasteiger partial charge in [0.25, 0.3) is 0 Å². The summed E-state index contributed by atoms with van der Waals surface area (Å²) in [5.74, 6) is 5.69. The molecule has 2 amide bonds. The molecule has 0 saturated heterocycles. The van der Waals surface area contributed by atoms with Crippen molar-refractivity contribution in [3.8, 4) is 0 Å². The molecule has 0 atom stereocenters. The van der Waals surface area contributed by atoms with Gasteiger partial charge in [0.05, 0.1) is 0 Å². The number of amides is 2. The smallest absolute Gasteiger partial charge is 0.307 e. The highest BCUT2D eigenvalue weighted by Gasteiger charge is 2.14. The van der Waals surface area contributed by atoms with Crippen LogP contribution in [0.15, 0.2) is 24.3 Å². The van der Waals surface area contributed by atoms with E-state index >= 15 is 0 Å². The molecule has 4 N–H and O–H groups in total. The summed E-state index contributed by atoms with van der Waals surface area (Å²) in [4.78, 5) is 11.2. The SMILES string of the molecule is NNC(=O)Nc1cccc(C2CCCCCC2)c1. The predicted molar refractivity (Wildman–Crippen MR) is 73.2 cm³/mol. The van der Waals surface area contributed by atoms with E-state index in [9.17, 15) is 4.79 Å². The molecule has 0 heterocycles. The number of carbonyl (C=O) groups excluding carboxylic acids is 1. The molecule has 1 aromatic rings. The molecule has 4 heteroatoms. The fourth-order valence-electron chi connectivity index (χ4n) is 2.65. The van der Waals surface area contributed by atoms with E-state index in [0.717, 1.165) is 5.69 Å². The number of nitrogens with two attached hydrogens (primary N) is 1. The molecule has 98 valence electrons. The average Bonchev–Trinajstić information content (AvgIpc) is 2.68. The van der Waals surface area contributed by atoms with Crippen molar-refractivity contribution in [1.82, 2.24) is 5.43 Å². The fourth-order valence-corrected chi connectivity index (χ4v) is 2.65. The number of urea groups is 1. The van der Waals surface area contributed by atoms with E-state index in [1.807, 2.05) is 12.1 Å². The number of carbonyl (C=O) groups is 1. The normalized spacial score (nSPS) is 16.9. The van der Waals surface area contributed by atoms with Crippen molar-refractivity contribution >= 4 is 11.7 Å². The summed E-state index contributed by atoms with van der Waals surface area (Å²) in [6.07, 6.45) is 7.84. The highest BCUT2D eigenvalue weighted by molar-refractivity contribution is 5.88. The lowest BCUT2D eigenvalue weighted by atomic mass is 9.91. The van der Waals surface area contributed by atoms with Gasteiger partial charge in [-0.25, -0.2) is 10.6 Å². The quantitative estimate of drug-likeness (QED) is 0.325. The molecule has 1 saturated carbocycles. The molecular weight excluding hydrogens is 226 g/mol. The molecular formula is C14H21N3O. The Morgan fingerprint density at radius 2 is 1.89 bits per heavy atom. The second-order valence-electron chi connectivity index (χ2n) is 4.91. The van der Waals surface area contributed by atoms with Gasteiger partial charge in [-0.05, 0) is 36.5 Å². The van der Waals surface area contributed by atoms with E-state index in [1.165, 1.54) is 44.1 Å². The number of anilines is 1. The molecule has 0 aliphatic heterocycles. The third-order valence-electron chi connectivity index (χ3n) is 3.60. The first-order valence-electron chi connectivity index (χ1n) is 6.67. The minimum Gasteiger partial charge on any atom is -0.307 e. The largest absolute Gasteiger partial charge is 0.333 e. The van der Waals surface area contributed by atoms with Crippen LogP contribution in [0.1, 0.15) is 50.0 Å². The Bertz CT molecular complexity index is 398. The van der Waals surface area contributed by atoms with Crippen molar-refractivity contribution in [2.24, 2.45) is 5.84 Å². The van der Waals surface area contributed by atoms with Gasteiger partial charge in [0.1, 0.15) is 0 Å². The maximum Gasteiger partial charge on any atom is 0.333 e. The highest BCUT2D eigenvalue weighted by Crippen LogP contribution is 2.32. The summed E-state index contributed by atoms with van der Waals surface area (Å²) >= 11 is 0. The lowest BCUT2D eigenvalue weighted by Gasteiger charge is -2.15.